The van der Waals surface area contributed by atoms with Crippen molar-refractivity contribution < 1.29 is 0 Å². The topological polar surface area (TPSA) is 15.3 Å². The van der Waals surface area contributed by atoms with Crippen molar-refractivity contribution in [1.82, 2.24) is 10.2 Å². The lowest BCUT2D eigenvalue weighted by Crippen LogP contribution is -2.35. The molecule has 82 valence electrons. The summed E-state index contributed by atoms with van der Waals surface area (Å²) in [6.45, 7) is 7.54. The summed E-state index contributed by atoms with van der Waals surface area (Å²) in [5, 5.41) is 3.54. The zero-order valence-electron chi connectivity index (χ0n) is 9.17. The molecule has 0 spiro atoms. The molecule has 0 aliphatic carbocycles. The van der Waals surface area contributed by atoms with Gasteiger partial charge in [-0.2, -0.15) is 11.8 Å². The SMILES string of the molecule is CC1NCCC1CN1CCCSCC1. The molecule has 14 heavy (non-hydrogen) atoms. The molecule has 0 radical (unpaired) electrons. The minimum atomic E-state index is 0.742. The third-order valence-electron chi connectivity index (χ3n) is 3.50. The van der Waals surface area contributed by atoms with E-state index in [1.807, 2.05) is 0 Å². The van der Waals surface area contributed by atoms with E-state index in [4.69, 9.17) is 0 Å². The lowest BCUT2D eigenvalue weighted by atomic mass is 10.0. The normalized spacial score (nSPS) is 35.8. The number of rotatable bonds is 2. The molecule has 2 nitrogen and oxygen atoms in total. The van der Waals surface area contributed by atoms with Gasteiger partial charge in [-0.3, -0.25) is 0 Å². The maximum atomic E-state index is 3.54. The van der Waals surface area contributed by atoms with Crippen LogP contribution in [0.15, 0.2) is 0 Å². The summed E-state index contributed by atoms with van der Waals surface area (Å²) in [6.07, 6.45) is 2.77. The lowest BCUT2D eigenvalue weighted by Gasteiger charge is -2.25. The minimum Gasteiger partial charge on any atom is -0.314 e. The number of nitrogens with zero attached hydrogens (tertiary/aromatic N) is 1. The van der Waals surface area contributed by atoms with Crippen LogP contribution in [0.3, 0.4) is 0 Å². The molecular formula is C11H22N2S. The Morgan fingerprint density at radius 3 is 3.07 bits per heavy atom. The Balaban J connectivity index is 1.77. The summed E-state index contributed by atoms with van der Waals surface area (Å²) in [5.74, 6) is 3.61. The van der Waals surface area contributed by atoms with Crippen molar-refractivity contribution in [2.45, 2.75) is 25.8 Å². The molecule has 2 rings (SSSR count). The highest BCUT2D eigenvalue weighted by Crippen LogP contribution is 2.18. The van der Waals surface area contributed by atoms with Gasteiger partial charge in [-0.25, -0.2) is 0 Å². The molecule has 2 aliphatic rings. The predicted molar refractivity (Wildman–Crippen MR) is 64.0 cm³/mol. The van der Waals surface area contributed by atoms with Crippen molar-refractivity contribution in [3.63, 3.8) is 0 Å². The molecule has 2 aliphatic heterocycles. The second-order valence-corrected chi connectivity index (χ2v) is 5.78. The summed E-state index contributed by atoms with van der Waals surface area (Å²) >= 11 is 2.12. The second-order valence-electron chi connectivity index (χ2n) is 4.56. The molecule has 2 unspecified atom stereocenters. The van der Waals surface area contributed by atoms with Gasteiger partial charge in [0.1, 0.15) is 0 Å². The van der Waals surface area contributed by atoms with Crippen molar-refractivity contribution in [1.29, 1.82) is 0 Å². The summed E-state index contributed by atoms with van der Waals surface area (Å²) in [5.41, 5.74) is 0. The second kappa shape index (κ2) is 5.38. The number of nitrogens with one attached hydrogen (secondary N) is 1. The third-order valence-corrected chi connectivity index (χ3v) is 4.54. The molecule has 1 N–H and O–H groups in total. The van der Waals surface area contributed by atoms with E-state index in [1.165, 1.54) is 50.5 Å². The molecule has 0 aromatic heterocycles. The molecule has 3 heteroatoms. The van der Waals surface area contributed by atoms with E-state index in [2.05, 4.69) is 28.9 Å². The van der Waals surface area contributed by atoms with Gasteiger partial charge in [-0.1, -0.05) is 0 Å². The fourth-order valence-electron chi connectivity index (χ4n) is 2.47. The fourth-order valence-corrected chi connectivity index (χ4v) is 3.40. The van der Waals surface area contributed by atoms with Gasteiger partial charge in [-0.15, -0.1) is 0 Å². The van der Waals surface area contributed by atoms with E-state index >= 15 is 0 Å². The zero-order chi connectivity index (χ0) is 9.80. The molecule has 0 amide bonds. The average Bonchev–Trinajstić information content (AvgIpc) is 2.44. The minimum absolute atomic E-state index is 0.742. The maximum Gasteiger partial charge on any atom is 0.00796 e. The van der Waals surface area contributed by atoms with Gasteiger partial charge >= 0.3 is 0 Å². The largest absolute Gasteiger partial charge is 0.314 e. The molecule has 0 aromatic rings. The van der Waals surface area contributed by atoms with Crippen LogP contribution in [0.4, 0.5) is 0 Å². The molecular weight excluding hydrogens is 192 g/mol. The maximum absolute atomic E-state index is 3.54. The average molecular weight is 214 g/mol. The number of hydrogen-bond donors (Lipinski definition) is 1. The predicted octanol–water partition coefficient (Wildman–Crippen LogP) is 1.42. The van der Waals surface area contributed by atoms with Crippen LogP contribution in [-0.2, 0) is 0 Å². The molecule has 0 bridgehead atoms. The van der Waals surface area contributed by atoms with Gasteiger partial charge in [0.2, 0.25) is 0 Å². The highest BCUT2D eigenvalue weighted by Gasteiger charge is 2.24. The van der Waals surface area contributed by atoms with Crippen molar-refractivity contribution in [3.05, 3.63) is 0 Å². The Labute approximate surface area is 91.8 Å². The Kier molecular flexibility index (Phi) is 4.14. The van der Waals surface area contributed by atoms with Crippen LogP contribution >= 0.6 is 11.8 Å². The molecule has 2 saturated heterocycles. The Morgan fingerprint density at radius 1 is 1.36 bits per heavy atom. The van der Waals surface area contributed by atoms with Crippen LogP contribution in [0.2, 0.25) is 0 Å². The molecule has 2 fully saturated rings. The van der Waals surface area contributed by atoms with E-state index in [0.717, 1.165) is 12.0 Å². The summed E-state index contributed by atoms with van der Waals surface area (Å²) in [7, 11) is 0. The lowest BCUT2D eigenvalue weighted by molar-refractivity contribution is 0.238. The quantitative estimate of drug-likeness (QED) is 0.748. The summed E-state index contributed by atoms with van der Waals surface area (Å²) in [6, 6.07) is 0.742. The number of thioether (sulfide) groups is 1. The van der Waals surface area contributed by atoms with Crippen LogP contribution in [-0.4, -0.2) is 48.6 Å². The highest BCUT2D eigenvalue weighted by molar-refractivity contribution is 7.99. The van der Waals surface area contributed by atoms with Crippen molar-refractivity contribution in [3.8, 4) is 0 Å². The van der Waals surface area contributed by atoms with Crippen molar-refractivity contribution in [2.24, 2.45) is 5.92 Å². The first kappa shape index (κ1) is 10.8. The molecule has 2 heterocycles. The fraction of sp³-hybridized carbons (Fsp3) is 1.00. The summed E-state index contributed by atoms with van der Waals surface area (Å²) in [4.78, 5) is 2.67. The van der Waals surface area contributed by atoms with E-state index in [-0.39, 0.29) is 0 Å². The zero-order valence-corrected chi connectivity index (χ0v) is 9.98. The van der Waals surface area contributed by atoms with Gasteiger partial charge in [0.05, 0.1) is 0 Å². The monoisotopic (exact) mass is 214 g/mol. The molecule has 0 saturated carbocycles. The van der Waals surface area contributed by atoms with E-state index in [0.29, 0.717) is 0 Å². The van der Waals surface area contributed by atoms with E-state index in [1.54, 1.807) is 0 Å². The van der Waals surface area contributed by atoms with Gasteiger partial charge in [0, 0.05) is 24.9 Å². The third kappa shape index (κ3) is 2.88. The summed E-state index contributed by atoms with van der Waals surface area (Å²) < 4.78 is 0. The standard InChI is InChI=1S/C11H22N2S/c1-10-11(3-4-12-10)9-13-5-2-7-14-8-6-13/h10-12H,2-9H2,1H3. The van der Waals surface area contributed by atoms with Crippen LogP contribution in [0.5, 0.6) is 0 Å². The van der Waals surface area contributed by atoms with E-state index in [9.17, 15) is 0 Å². The van der Waals surface area contributed by atoms with Crippen LogP contribution < -0.4 is 5.32 Å². The highest BCUT2D eigenvalue weighted by atomic mass is 32.2. The Morgan fingerprint density at radius 2 is 2.29 bits per heavy atom. The van der Waals surface area contributed by atoms with Crippen LogP contribution in [0.1, 0.15) is 19.8 Å². The first-order valence-electron chi connectivity index (χ1n) is 5.90. The first-order chi connectivity index (χ1) is 6.86. The number of hydrogen-bond acceptors (Lipinski definition) is 3. The van der Waals surface area contributed by atoms with Crippen LogP contribution in [0.25, 0.3) is 0 Å². The van der Waals surface area contributed by atoms with Gasteiger partial charge in [0.25, 0.3) is 0 Å². The van der Waals surface area contributed by atoms with Crippen molar-refractivity contribution >= 4 is 11.8 Å². The van der Waals surface area contributed by atoms with Crippen molar-refractivity contribution in [2.75, 3.05) is 37.7 Å². The van der Waals surface area contributed by atoms with Gasteiger partial charge < -0.3 is 10.2 Å². The van der Waals surface area contributed by atoms with Gasteiger partial charge in [0.15, 0.2) is 0 Å². The van der Waals surface area contributed by atoms with Gasteiger partial charge in [-0.05, 0) is 44.5 Å². The molecule has 2 atom stereocenters. The van der Waals surface area contributed by atoms with E-state index < -0.39 is 0 Å². The first-order valence-corrected chi connectivity index (χ1v) is 7.05. The molecule has 0 aromatic carbocycles. The smallest absolute Gasteiger partial charge is 0.00796 e. The Bertz CT molecular complexity index is 167. The van der Waals surface area contributed by atoms with Crippen LogP contribution in [0, 0.1) is 5.92 Å². The Hall–Kier alpha value is 0.270.